The molecular formula is C39H55ClO4. The minimum absolute atomic E-state index is 0.174. The number of ether oxygens (including phenoxy) is 3. The molecule has 1 atom stereocenters. The molecule has 0 radical (unpaired) electrons. The number of esters is 1. The maximum atomic E-state index is 12.4. The molecule has 0 heterocycles. The van der Waals surface area contributed by atoms with Crippen molar-refractivity contribution in [1.29, 1.82) is 0 Å². The molecule has 0 saturated heterocycles. The molecule has 1 unspecified atom stereocenters. The number of hydrogen-bond acceptors (Lipinski definition) is 4. The molecule has 0 amide bonds. The summed E-state index contributed by atoms with van der Waals surface area (Å²) in [5.74, 6) is 0.296. The van der Waals surface area contributed by atoms with Gasteiger partial charge in [0, 0.05) is 28.0 Å². The second-order valence-corrected chi connectivity index (χ2v) is 12.7. The maximum Gasteiger partial charge on any atom is 0.333 e. The number of fused-ring (bicyclic) bond motifs is 2. The first-order chi connectivity index (χ1) is 21.5. The van der Waals surface area contributed by atoms with E-state index in [2.05, 4.69) is 25.6 Å². The van der Waals surface area contributed by atoms with Gasteiger partial charge >= 0.3 is 5.97 Å². The Balaban J connectivity index is 1.34. The first kappa shape index (κ1) is 35.9. The molecule has 242 valence electrons. The Kier molecular flexibility index (Phi) is 17.3. The fraction of sp³-hybridized carbons (Fsp3) is 0.564. The average molecular weight is 623 g/mol. The van der Waals surface area contributed by atoms with Crippen LogP contribution in [0.4, 0.5) is 0 Å². The lowest BCUT2D eigenvalue weighted by atomic mass is 10.0. The van der Waals surface area contributed by atoms with Crippen molar-refractivity contribution in [3.05, 3.63) is 65.7 Å². The Labute approximate surface area is 271 Å². The molecule has 0 spiro atoms. The highest BCUT2D eigenvalue weighted by atomic mass is 35.5. The second kappa shape index (κ2) is 21.2. The molecular weight excluding hydrogens is 568 g/mol. The van der Waals surface area contributed by atoms with Crippen molar-refractivity contribution in [1.82, 2.24) is 0 Å². The van der Waals surface area contributed by atoms with E-state index >= 15 is 0 Å². The molecule has 0 saturated carbocycles. The largest absolute Gasteiger partial charge is 0.488 e. The Morgan fingerprint density at radius 2 is 1.30 bits per heavy atom. The first-order valence-corrected chi connectivity index (χ1v) is 17.6. The summed E-state index contributed by atoms with van der Waals surface area (Å²) in [5, 5.41) is 4.67. The Bertz CT molecular complexity index is 1270. The van der Waals surface area contributed by atoms with Crippen LogP contribution in [0.5, 0.6) is 5.75 Å². The predicted molar refractivity (Wildman–Crippen MR) is 187 cm³/mol. The molecule has 0 aliphatic carbocycles. The van der Waals surface area contributed by atoms with Crippen molar-refractivity contribution in [2.24, 2.45) is 0 Å². The fourth-order valence-electron chi connectivity index (χ4n) is 5.66. The van der Waals surface area contributed by atoms with Gasteiger partial charge in [-0.1, -0.05) is 152 Å². The topological polar surface area (TPSA) is 44.8 Å². The number of rotatable bonds is 24. The molecule has 0 aromatic heterocycles. The van der Waals surface area contributed by atoms with E-state index < -0.39 is 12.1 Å². The quantitative estimate of drug-likeness (QED) is 0.0431. The number of carbonyl (C=O) groups excluding carboxylic acids is 1. The van der Waals surface area contributed by atoms with Gasteiger partial charge in [0.15, 0.2) is 6.10 Å². The Hall–Kier alpha value is -2.56. The highest BCUT2D eigenvalue weighted by Gasteiger charge is 2.18. The van der Waals surface area contributed by atoms with Crippen molar-refractivity contribution in [2.45, 2.75) is 123 Å². The first-order valence-electron chi connectivity index (χ1n) is 17.2. The summed E-state index contributed by atoms with van der Waals surface area (Å²) in [6.45, 7) is 8.76. The molecule has 0 N–H and O–H groups in total. The van der Waals surface area contributed by atoms with Gasteiger partial charge in [0.05, 0.1) is 6.61 Å². The van der Waals surface area contributed by atoms with Crippen LogP contribution in [0.25, 0.3) is 21.5 Å². The standard InChI is InChI=1S/C39H55ClO4/c1-4-5-6-7-8-9-10-11-12-13-14-15-16-17-18-21-26-42-29-35(44-39(41)31(2)3)30-43-38-36-23-20-19-22-32(36)27-33-24-25-34(40)28-37(33)38/h19-20,22-25,27-28,35H,2,4-18,21,26,29-30H2,1,3H3. The third-order valence-corrected chi connectivity index (χ3v) is 8.49. The van der Waals surface area contributed by atoms with Gasteiger partial charge in [-0.3, -0.25) is 0 Å². The van der Waals surface area contributed by atoms with Crippen LogP contribution >= 0.6 is 11.6 Å². The monoisotopic (exact) mass is 622 g/mol. The minimum atomic E-state index is -0.548. The van der Waals surface area contributed by atoms with Crippen molar-refractivity contribution < 1.29 is 19.0 Å². The minimum Gasteiger partial charge on any atom is -0.488 e. The van der Waals surface area contributed by atoms with E-state index in [0.29, 0.717) is 17.2 Å². The van der Waals surface area contributed by atoms with Crippen LogP contribution < -0.4 is 4.74 Å². The number of hydrogen-bond donors (Lipinski definition) is 0. The van der Waals surface area contributed by atoms with Crippen LogP contribution in [-0.2, 0) is 14.3 Å². The molecule has 44 heavy (non-hydrogen) atoms. The van der Waals surface area contributed by atoms with Gasteiger partial charge in [-0.05, 0) is 42.3 Å². The van der Waals surface area contributed by atoms with Crippen molar-refractivity contribution in [3.63, 3.8) is 0 Å². The predicted octanol–water partition coefficient (Wildman–Crippen LogP) is 11.8. The molecule has 0 fully saturated rings. The normalized spacial score (nSPS) is 12.1. The molecule has 0 aliphatic rings. The van der Waals surface area contributed by atoms with E-state index in [0.717, 1.165) is 40.1 Å². The highest BCUT2D eigenvalue weighted by Crippen LogP contribution is 2.36. The van der Waals surface area contributed by atoms with Crippen LogP contribution in [0, 0.1) is 0 Å². The molecule has 3 aromatic carbocycles. The van der Waals surface area contributed by atoms with Gasteiger partial charge in [-0.15, -0.1) is 0 Å². The van der Waals surface area contributed by atoms with Crippen LogP contribution in [0.15, 0.2) is 60.7 Å². The lowest BCUT2D eigenvalue weighted by Crippen LogP contribution is -2.30. The molecule has 4 nitrogen and oxygen atoms in total. The van der Waals surface area contributed by atoms with E-state index in [4.69, 9.17) is 25.8 Å². The summed E-state index contributed by atoms with van der Waals surface area (Å²) >= 11 is 6.34. The van der Waals surface area contributed by atoms with Gasteiger partial charge in [0.25, 0.3) is 0 Å². The summed E-state index contributed by atoms with van der Waals surface area (Å²) < 4.78 is 18.0. The molecule has 3 rings (SSSR count). The number of benzene rings is 3. The fourth-order valence-corrected chi connectivity index (χ4v) is 5.83. The molecule has 0 aliphatic heterocycles. The average Bonchev–Trinajstić information content (AvgIpc) is 3.02. The van der Waals surface area contributed by atoms with Crippen LogP contribution in [0.3, 0.4) is 0 Å². The van der Waals surface area contributed by atoms with Crippen LogP contribution in [0.2, 0.25) is 5.02 Å². The van der Waals surface area contributed by atoms with Gasteiger partial charge in [-0.25, -0.2) is 4.79 Å². The molecule has 0 bridgehead atoms. The van der Waals surface area contributed by atoms with Gasteiger partial charge < -0.3 is 14.2 Å². The van der Waals surface area contributed by atoms with Crippen LogP contribution in [-0.4, -0.2) is 31.9 Å². The third kappa shape index (κ3) is 13.2. The highest BCUT2D eigenvalue weighted by molar-refractivity contribution is 6.31. The summed E-state index contributed by atoms with van der Waals surface area (Å²) in [6, 6.07) is 16.0. The second-order valence-electron chi connectivity index (χ2n) is 12.3. The lowest BCUT2D eigenvalue weighted by molar-refractivity contribution is -0.149. The van der Waals surface area contributed by atoms with E-state index in [1.807, 2.05) is 36.4 Å². The van der Waals surface area contributed by atoms with Crippen molar-refractivity contribution >= 4 is 39.1 Å². The third-order valence-electron chi connectivity index (χ3n) is 8.26. The number of halogens is 1. The van der Waals surface area contributed by atoms with Crippen molar-refractivity contribution in [2.75, 3.05) is 19.8 Å². The van der Waals surface area contributed by atoms with E-state index in [1.165, 1.54) is 89.9 Å². The Morgan fingerprint density at radius 1 is 0.727 bits per heavy atom. The molecule has 5 heteroatoms. The zero-order valence-electron chi connectivity index (χ0n) is 27.3. The van der Waals surface area contributed by atoms with Crippen molar-refractivity contribution in [3.8, 4) is 5.75 Å². The van der Waals surface area contributed by atoms with Gasteiger partial charge in [0.1, 0.15) is 12.4 Å². The smallest absolute Gasteiger partial charge is 0.333 e. The zero-order chi connectivity index (χ0) is 31.4. The number of unbranched alkanes of at least 4 members (excludes halogenated alkanes) is 15. The summed E-state index contributed by atoms with van der Waals surface area (Å²) in [6.07, 6.45) is 20.9. The Morgan fingerprint density at radius 3 is 1.91 bits per heavy atom. The summed E-state index contributed by atoms with van der Waals surface area (Å²) in [5.41, 5.74) is 0.357. The van der Waals surface area contributed by atoms with E-state index in [-0.39, 0.29) is 13.2 Å². The molecule has 3 aromatic rings. The van der Waals surface area contributed by atoms with E-state index in [9.17, 15) is 4.79 Å². The SMILES string of the molecule is C=C(C)C(=O)OC(COCCCCCCCCCCCCCCCCCC)COc1c2ccccc2cc2ccc(Cl)cc12. The maximum absolute atomic E-state index is 12.4. The number of carbonyl (C=O) groups is 1. The lowest BCUT2D eigenvalue weighted by Gasteiger charge is -2.20. The van der Waals surface area contributed by atoms with Gasteiger partial charge in [0.2, 0.25) is 0 Å². The summed E-state index contributed by atoms with van der Waals surface area (Å²) in [7, 11) is 0. The zero-order valence-corrected chi connectivity index (χ0v) is 28.1. The van der Waals surface area contributed by atoms with Gasteiger partial charge in [-0.2, -0.15) is 0 Å². The van der Waals surface area contributed by atoms with E-state index in [1.54, 1.807) is 6.92 Å². The van der Waals surface area contributed by atoms with Crippen LogP contribution in [0.1, 0.15) is 117 Å². The summed E-state index contributed by atoms with van der Waals surface area (Å²) in [4.78, 5) is 12.4.